The summed E-state index contributed by atoms with van der Waals surface area (Å²) in [6.45, 7) is 0.709. The van der Waals surface area contributed by atoms with Crippen molar-refractivity contribution in [2.45, 2.75) is 38.0 Å². The van der Waals surface area contributed by atoms with Crippen LogP contribution in [0.3, 0.4) is 0 Å². The first-order chi connectivity index (χ1) is 12.3. The predicted molar refractivity (Wildman–Crippen MR) is 99.5 cm³/mol. The maximum Gasteiger partial charge on any atom is 0.224 e. The number of aryl methyl sites for hydroxylation is 1. The Morgan fingerprint density at radius 1 is 1.20 bits per heavy atom. The monoisotopic (exact) mass is 333 g/mol. The van der Waals surface area contributed by atoms with Crippen LogP contribution >= 0.6 is 0 Å². The van der Waals surface area contributed by atoms with Gasteiger partial charge in [-0.25, -0.2) is 4.98 Å². The Hall–Kier alpha value is -2.62. The second-order valence-corrected chi connectivity index (χ2v) is 6.81. The van der Waals surface area contributed by atoms with Gasteiger partial charge in [0.15, 0.2) is 0 Å². The van der Waals surface area contributed by atoms with Crippen LogP contribution in [0.5, 0.6) is 0 Å². The second kappa shape index (κ2) is 7.09. The molecule has 0 fully saturated rings. The number of carbonyl (C=O) groups is 1. The molecule has 0 saturated heterocycles. The van der Waals surface area contributed by atoms with Crippen LogP contribution in [0, 0.1) is 0 Å². The number of nitrogens with one attached hydrogen (secondary N) is 2. The van der Waals surface area contributed by atoms with Crippen LogP contribution in [0.1, 0.15) is 42.1 Å². The van der Waals surface area contributed by atoms with Gasteiger partial charge in [0.2, 0.25) is 5.91 Å². The molecular formula is C21H23N3O. The summed E-state index contributed by atoms with van der Waals surface area (Å²) in [5.41, 5.74) is 3.57. The minimum absolute atomic E-state index is 0.0920. The minimum atomic E-state index is 0.0920. The van der Waals surface area contributed by atoms with E-state index in [4.69, 9.17) is 0 Å². The topological polar surface area (TPSA) is 57.8 Å². The first-order valence-electron chi connectivity index (χ1n) is 9.07. The van der Waals surface area contributed by atoms with Gasteiger partial charge in [0.25, 0.3) is 0 Å². The largest absolute Gasteiger partial charge is 0.356 e. The van der Waals surface area contributed by atoms with E-state index in [2.05, 4.69) is 33.5 Å². The van der Waals surface area contributed by atoms with Gasteiger partial charge >= 0.3 is 0 Å². The Kier molecular flexibility index (Phi) is 4.51. The first kappa shape index (κ1) is 15.9. The van der Waals surface area contributed by atoms with Crippen molar-refractivity contribution in [1.82, 2.24) is 15.3 Å². The number of aromatic nitrogens is 2. The lowest BCUT2D eigenvalue weighted by Crippen LogP contribution is -2.27. The molecule has 4 heteroatoms. The van der Waals surface area contributed by atoms with E-state index in [1.165, 1.54) is 23.2 Å². The molecule has 1 atom stereocenters. The molecule has 1 unspecified atom stereocenters. The van der Waals surface area contributed by atoms with Crippen LogP contribution in [-0.2, 0) is 17.6 Å². The number of rotatable bonds is 5. The van der Waals surface area contributed by atoms with Gasteiger partial charge < -0.3 is 10.3 Å². The van der Waals surface area contributed by atoms with E-state index in [1.54, 1.807) is 6.33 Å². The van der Waals surface area contributed by atoms with Crippen LogP contribution in [-0.4, -0.2) is 22.4 Å². The van der Waals surface area contributed by atoms with Crippen LogP contribution in [0.4, 0.5) is 0 Å². The van der Waals surface area contributed by atoms with E-state index in [-0.39, 0.29) is 5.91 Å². The molecule has 25 heavy (non-hydrogen) atoms. The first-order valence-corrected chi connectivity index (χ1v) is 9.07. The predicted octanol–water partition coefficient (Wildman–Crippen LogP) is 3.73. The Labute approximate surface area is 147 Å². The second-order valence-electron chi connectivity index (χ2n) is 6.81. The molecule has 0 saturated carbocycles. The standard InChI is InChI=1S/C21H23N3O/c25-20(13-17-8-3-6-15-5-1-2-9-18(15)17)22-12-11-16-7-4-10-19-21(16)24-14-23-19/h1-3,5-6,8-9,14,16H,4,7,10-13H2,(H,22,25)(H,23,24). The van der Waals surface area contributed by atoms with Crippen LogP contribution < -0.4 is 5.32 Å². The van der Waals surface area contributed by atoms with E-state index in [0.29, 0.717) is 18.9 Å². The molecule has 1 heterocycles. The smallest absolute Gasteiger partial charge is 0.224 e. The number of hydrogen-bond donors (Lipinski definition) is 2. The zero-order valence-electron chi connectivity index (χ0n) is 14.3. The summed E-state index contributed by atoms with van der Waals surface area (Å²) in [6, 6.07) is 14.4. The van der Waals surface area contributed by atoms with Gasteiger partial charge in [-0.1, -0.05) is 42.5 Å². The van der Waals surface area contributed by atoms with E-state index < -0.39 is 0 Å². The number of hydrogen-bond acceptors (Lipinski definition) is 2. The molecule has 0 bridgehead atoms. The van der Waals surface area contributed by atoms with Gasteiger partial charge in [0.1, 0.15) is 0 Å². The number of imidazole rings is 1. The van der Waals surface area contributed by atoms with Gasteiger partial charge in [-0.3, -0.25) is 4.79 Å². The average molecular weight is 333 g/mol. The normalized spacial score (nSPS) is 16.6. The molecule has 2 N–H and O–H groups in total. The van der Waals surface area contributed by atoms with Gasteiger partial charge in [0, 0.05) is 18.2 Å². The van der Waals surface area contributed by atoms with Gasteiger partial charge in [-0.15, -0.1) is 0 Å². The zero-order valence-corrected chi connectivity index (χ0v) is 14.3. The van der Waals surface area contributed by atoms with E-state index >= 15 is 0 Å². The lowest BCUT2D eigenvalue weighted by Gasteiger charge is -2.21. The molecule has 0 aliphatic heterocycles. The molecule has 2 aromatic carbocycles. The fourth-order valence-electron chi connectivity index (χ4n) is 3.89. The number of carbonyl (C=O) groups excluding carboxylic acids is 1. The number of H-pyrrole nitrogens is 1. The third-order valence-electron chi connectivity index (χ3n) is 5.16. The highest BCUT2D eigenvalue weighted by Gasteiger charge is 2.22. The molecule has 1 aromatic heterocycles. The van der Waals surface area contributed by atoms with Gasteiger partial charge in [0.05, 0.1) is 18.4 Å². The fourth-order valence-corrected chi connectivity index (χ4v) is 3.89. The summed E-state index contributed by atoms with van der Waals surface area (Å²) in [6.07, 6.45) is 6.64. The molecule has 128 valence electrons. The molecule has 0 spiro atoms. The Morgan fingerprint density at radius 3 is 3.04 bits per heavy atom. The Balaban J connectivity index is 1.34. The molecule has 4 rings (SSSR count). The van der Waals surface area contributed by atoms with Crippen molar-refractivity contribution in [3.63, 3.8) is 0 Å². The van der Waals surface area contributed by atoms with Crippen molar-refractivity contribution < 1.29 is 4.79 Å². The van der Waals surface area contributed by atoms with E-state index in [9.17, 15) is 4.79 Å². The fraction of sp³-hybridized carbons (Fsp3) is 0.333. The van der Waals surface area contributed by atoms with Gasteiger partial charge in [-0.2, -0.15) is 0 Å². The Bertz CT molecular complexity index is 878. The SMILES string of the molecule is O=C(Cc1cccc2ccccc12)NCCC1CCCc2[nH]cnc21. The third kappa shape index (κ3) is 3.43. The minimum Gasteiger partial charge on any atom is -0.356 e. The molecule has 0 radical (unpaired) electrons. The van der Waals surface area contributed by atoms with Crippen molar-refractivity contribution in [2.24, 2.45) is 0 Å². The summed E-state index contributed by atoms with van der Waals surface area (Å²) in [7, 11) is 0. The highest BCUT2D eigenvalue weighted by atomic mass is 16.1. The lowest BCUT2D eigenvalue weighted by molar-refractivity contribution is -0.120. The summed E-state index contributed by atoms with van der Waals surface area (Å²) < 4.78 is 0. The van der Waals surface area contributed by atoms with E-state index in [1.807, 2.05) is 24.3 Å². The number of aromatic amines is 1. The average Bonchev–Trinajstić information content (AvgIpc) is 3.12. The number of nitrogens with zero attached hydrogens (tertiary/aromatic N) is 1. The highest BCUT2D eigenvalue weighted by molar-refractivity contribution is 5.90. The number of benzene rings is 2. The summed E-state index contributed by atoms with van der Waals surface area (Å²) in [4.78, 5) is 20.1. The zero-order chi connectivity index (χ0) is 17.1. The van der Waals surface area contributed by atoms with Crippen LogP contribution in [0.2, 0.25) is 0 Å². The van der Waals surface area contributed by atoms with Crippen molar-refractivity contribution in [3.8, 4) is 0 Å². The Morgan fingerprint density at radius 2 is 2.08 bits per heavy atom. The highest BCUT2D eigenvalue weighted by Crippen LogP contribution is 2.31. The number of fused-ring (bicyclic) bond motifs is 2. The molecule has 1 amide bonds. The van der Waals surface area contributed by atoms with E-state index in [0.717, 1.165) is 30.2 Å². The van der Waals surface area contributed by atoms with Crippen molar-refractivity contribution in [3.05, 3.63) is 65.7 Å². The quantitative estimate of drug-likeness (QED) is 0.747. The molecule has 1 aliphatic rings. The number of amides is 1. The van der Waals surface area contributed by atoms with Crippen molar-refractivity contribution >= 4 is 16.7 Å². The summed E-state index contributed by atoms with van der Waals surface area (Å²) >= 11 is 0. The van der Waals surface area contributed by atoms with Crippen molar-refractivity contribution in [1.29, 1.82) is 0 Å². The summed E-state index contributed by atoms with van der Waals surface area (Å²) in [5, 5.41) is 5.43. The molecule has 1 aliphatic carbocycles. The van der Waals surface area contributed by atoms with Crippen molar-refractivity contribution in [2.75, 3.05) is 6.54 Å². The molecule has 4 nitrogen and oxygen atoms in total. The molecular weight excluding hydrogens is 310 g/mol. The van der Waals surface area contributed by atoms with Crippen LogP contribution in [0.25, 0.3) is 10.8 Å². The van der Waals surface area contributed by atoms with Crippen LogP contribution in [0.15, 0.2) is 48.8 Å². The van der Waals surface area contributed by atoms with Gasteiger partial charge in [-0.05, 0) is 42.0 Å². The maximum atomic E-state index is 12.4. The third-order valence-corrected chi connectivity index (χ3v) is 5.16. The maximum absolute atomic E-state index is 12.4. The summed E-state index contributed by atoms with van der Waals surface area (Å²) in [5.74, 6) is 0.558. The molecule has 3 aromatic rings. The lowest BCUT2D eigenvalue weighted by atomic mass is 9.87.